The van der Waals surface area contributed by atoms with Gasteiger partial charge in [-0.3, -0.25) is 0 Å². The predicted octanol–water partition coefficient (Wildman–Crippen LogP) is 5.00. The fraction of sp³-hybridized carbons (Fsp3) is 0.222. The molecule has 2 rings (SSSR count). The van der Waals surface area contributed by atoms with Gasteiger partial charge in [-0.15, -0.1) is 0 Å². The first-order valence-corrected chi connectivity index (χ1v) is 8.96. The lowest BCUT2D eigenvalue weighted by molar-refractivity contribution is 0.0593. The van der Waals surface area contributed by atoms with Crippen LogP contribution in [0.4, 0.5) is 0 Å². The Hall–Kier alpha value is -1.86. The van der Waals surface area contributed by atoms with Crippen LogP contribution < -0.4 is 9.47 Å². The molecular formula is C18H16Br2O5. The van der Waals surface area contributed by atoms with E-state index in [0.717, 1.165) is 0 Å². The number of rotatable bonds is 5. The summed E-state index contributed by atoms with van der Waals surface area (Å²) in [7, 11) is 1.26. The van der Waals surface area contributed by atoms with Crippen molar-refractivity contribution in [1.29, 1.82) is 0 Å². The molecule has 0 atom stereocenters. The molecule has 0 heterocycles. The van der Waals surface area contributed by atoms with Crippen LogP contribution >= 0.6 is 31.9 Å². The maximum absolute atomic E-state index is 12.6. The SMILES string of the molecule is COC(=O)c1cc(Br)ccc1OC(=O)c1cc(Br)ccc1OC(C)C. The van der Waals surface area contributed by atoms with E-state index in [2.05, 4.69) is 31.9 Å². The number of esters is 2. The molecule has 0 aliphatic heterocycles. The normalized spacial score (nSPS) is 10.5. The number of halogens is 2. The second-order valence-corrected chi connectivity index (χ2v) is 7.16. The largest absolute Gasteiger partial charge is 0.490 e. The van der Waals surface area contributed by atoms with Crippen molar-refractivity contribution in [3.8, 4) is 11.5 Å². The molecule has 2 aromatic rings. The molecule has 5 nitrogen and oxygen atoms in total. The zero-order chi connectivity index (χ0) is 18.6. The molecule has 0 N–H and O–H groups in total. The maximum atomic E-state index is 12.6. The molecule has 7 heteroatoms. The van der Waals surface area contributed by atoms with Crippen LogP contribution in [0.1, 0.15) is 34.6 Å². The van der Waals surface area contributed by atoms with Crippen molar-refractivity contribution in [3.63, 3.8) is 0 Å². The summed E-state index contributed by atoms with van der Waals surface area (Å²) in [6, 6.07) is 9.78. The highest BCUT2D eigenvalue weighted by molar-refractivity contribution is 9.10. The van der Waals surface area contributed by atoms with Gasteiger partial charge in [0.2, 0.25) is 0 Å². The van der Waals surface area contributed by atoms with Crippen LogP contribution in [-0.2, 0) is 4.74 Å². The molecule has 2 aromatic carbocycles. The standard InChI is InChI=1S/C18H16Br2O5/c1-10(2)24-15-6-4-12(20)9-14(15)18(22)25-16-7-5-11(19)8-13(16)17(21)23-3/h4-10H,1-3H3. The van der Waals surface area contributed by atoms with E-state index in [4.69, 9.17) is 14.2 Å². The molecule has 0 saturated heterocycles. The first-order valence-electron chi connectivity index (χ1n) is 7.38. The van der Waals surface area contributed by atoms with Gasteiger partial charge in [0.15, 0.2) is 0 Å². The Morgan fingerprint density at radius 2 is 1.40 bits per heavy atom. The smallest absolute Gasteiger partial charge is 0.347 e. The number of ether oxygens (including phenoxy) is 3. The van der Waals surface area contributed by atoms with Gasteiger partial charge in [-0.2, -0.15) is 0 Å². The summed E-state index contributed by atoms with van der Waals surface area (Å²) < 4.78 is 17.2. The maximum Gasteiger partial charge on any atom is 0.347 e. The van der Waals surface area contributed by atoms with E-state index in [0.29, 0.717) is 14.7 Å². The van der Waals surface area contributed by atoms with Crippen molar-refractivity contribution in [2.24, 2.45) is 0 Å². The van der Waals surface area contributed by atoms with Gasteiger partial charge in [0.1, 0.15) is 22.6 Å². The summed E-state index contributed by atoms with van der Waals surface area (Å²) in [4.78, 5) is 24.5. The number of carbonyl (C=O) groups excluding carboxylic acids is 2. The highest BCUT2D eigenvalue weighted by Crippen LogP contribution is 2.28. The summed E-state index contributed by atoms with van der Waals surface area (Å²) in [6.07, 6.45) is -0.106. The Balaban J connectivity index is 2.38. The summed E-state index contributed by atoms with van der Waals surface area (Å²) in [5, 5.41) is 0. The van der Waals surface area contributed by atoms with Gasteiger partial charge in [-0.05, 0) is 50.2 Å². The van der Waals surface area contributed by atoms with Gasteiger partial charge in [-0.25, -0.2) is 9.59 Å². The van der Waals surface area contributed by atoms with Gasteiger partial charge in [-0.1, -0.05) is 31.9 Å². The number of hydrogen-bond donors (Lipinski definition) is 0. The van der Waals surface area contributed by atoms with Crippen LogP contribution in [0.25, 0.3) is 0 Å². The number of hydrogen-bond acceptors (Lipinski definition) is 5. The van der Waals surface area contributed by atoms with Gasteiger partial charge in [0.25, 0.3) is 0 Å². The van der Waals surface area contributed by atoms with Crippen molar-refractivity contribution in [2.45, 2.75) is 20.0 Å². The summed E-state index contributed by atoms with van der Waals surface area (Å²) >= 11 is 6.61. The highest BCUT2D eigenvalue weighted by Gasteiger charge is 2.21. The molecule has 0 aliphatic carbocycles. The van der Waals surface area contributed by atoms with E-state index < -0.39 is 11.9 Å². The van der Waals surface area contributed by atoms with Gasteiger partial charge < -0.3 is 14.2 Å². The van der Waals surface area contributed by atoms with Gasteiger partial charge >= 0.3 is 11.9 Å². The first kappa shape index (κ1) is 19.5. The minimum absolute atomic E-state index is 0.106. The average Bonchev–Trinajstić information content (AvgIpc) is 2.56. The molecule has 0 aromatic heterocycles. The highest BCUT2D eigenvalue weighted by atomic mass is 79.9. The van der Waals surface area contributed by atoms with E-state index in [1.807, 2.05) is 13.8 Å². The van der Waals surface area contributed by atoms with Crippen LogP contribution in [0.5, 0.6) is 11.5 Å². The monoisotopic (exact) mass is 470 g/mol. The number of carbonyl (C=O) groups is 2. The lowest BCUT2D eigenvalue weighted by Crippen LogP contribution is -2.15. The molecule has 0 spiro atoms. The molecule has 0 fully saturated rings. The lowest BCUT2D eigenvalue weighted by Gasteiger charge is -2.15. The van der Waals surface area contributed by atoms with E-state index >= 15 is 0 Å². The number of benzene rings is 2. The van der Waals surface area contributed by atoms with Crippen LogP contribution in [-0.4, -0.2) is 25.2 Å². The summed E-state index contributed by atoms with van der Waals surface area (Å²) in [5.74, 6) is -0.725. The van der Waals surface area contributed by atoms with Crippen LogP contribution in [0, 0.1) is 0 Å². The lowest BCUT2D eigenvalue weighted by atomic mass is 10.2. The predicted molar refractivity (Wildman–Crippen MR) is 100 cm³/mol. The fourth-order valence-corrected chi connectivity index (χ4v) is 2.76. The summed E-state index contributed by atoms with van der Waals surface area (Å²) in [5.41, 5.74) is 0.397. The minimum Gasteiger partial charge on any atom is -0.490 e. The number of methoxy groups -OCH3 is 1. The zero-order valence-corrected chi connectivity index (χ0v) is 17.0. The van der Waals surface area contributed by atoms with Gasteiger partial charge in [0.05, 0.1) is 13.2 Å². The first-order chi connectivity index (χ1) is 11.8. The Morgan fingerprint density at radius 3 is 1.92 bits per heavy atom. The Kier molecular flexibility index (Phi) is 6.61. The molecule has 132 valence electrons. The summed E-state index contributed by atoms with van der Waals surface area (Å²) in [6.45, 7) is 3.72. The van der Waals surface area contributed by atoms with Crippen molar-refractivity contribution < 1.29 is 23.8 Å². The molecule has 0 bridgehead atoms. The van der Waals surface area contributed by atoms with Crippen LogP contribution in [0.2, 0.25) is 0 Å². The third-order valence-electron chi connectivity index (χ3n) is 3.07. The van der Waals surface area contributed by atoms with Gasteiger partial charge in [0, 0.05) is 8.95 Å². The Bertz CT molecular complexity index is 802. The third kappa shape index (κ3) is 5.06. The average molecular weight is 472 g/mol. The molecule has 0 unspecified atom stereocenters. The van der Waals surface area contributed by atoms with Crippen molar-refractivity contribution in [1.82, 2.24) is 0 Å². The van der Waals surface area contributed by atoms with Crippen LogP contribution in [0.15, 0.2) is 45.3 Å². The molecule has 0 amide bonds. The second kappa shape index (κ2) is 8.49. The topological polar surface area (TPSA) is 61.8 Å². The van der Waals surface area contributed by atoms with E-state index in [1.54, 1.807) is 24.3 Å². The molecular weight excluding hydrogens is 456 g/mol. The molecule has 0 aliphatic rings. The Labute approximate surface area is 162 Å². The molecule has 25 heavy (non-hydrogen) atoms. The quantitative estimate of drug-likeness (QED) is 0.453. The Morgan fingerprint density at radius 1 is 0.880 bits per heavy atom. The van der Waals surface area contributed by atoms with E-state index in [1.165, 1.54) is 19.2 Å². The van der Waals surface area contributed by atoms with E-state index in [9.17, 15) is 9.59 Å². The minimum atomic E-state index is -0.635. The third-order valence-corrected chi connectivity index (χ3v) is 4.06. The van der Waals surface area contributed by atoms with Crippen molar-refractivity contribution in [3.05, 3.63) is 56.5 Å². The molecule has 0 saturated carbocycles. The van der Waals surface area contributed by atoms with Crippen LogP contribution in [0.3, 0.4) is 0 Å². The second-order valence-electron chi connectivity index (χ2n) is 5.33. The fourth-order valence-electron chi connectivity index (χ4n) is 2.03. The molecule has 0 radical (unpaired) electrons. The van der Waals surface area contributed by atoms with Crippen molar-refractivity contribution >= 4 is 43.8 Å². The van der Waals surface area contributed by atoms with E-state index in [-0.39, 0.29) is 23.0 Å². The zero-order valence-electron chi connectivity index (χ0n) is 13.8. The van der Waals surface area contributed by atoms with Crippen molar-refractivity contribution in [2.75, 3.05) is 7.11 Å².